The van der Waals surface area contributed by atoms with Gasteiger partial charge in [0.05, 0.1) is 18.1 Å². The molecule has 1 amide bonds. The zero-order valence-electron chi connectivity index (χ0n) is 14.1. The first-order valence-electron chi connectivity index (χ1n) is 7.47. The Morgan fingerprint density at radius 1 is 1.31 bits per heavy atom. The number of benzene rings is 1. The normalized spacial score (nSPS) is 11.2. The molecule has 1 aromatic heterocycles. The fourth-order valence-electron chi connectivity index (χ4n) is 1.92. The van der Waals surface area contributed by atoms with Crippen molar-refractivity contribution in [2.75, 3.05) is 23.9 Å². The monoisotopic (exact) mass is 415 g/mol. The van der Waals surface area contributed by atoms with E-state index in [1.54, 1.807) is 25.1 Å². The second-order valence-electron chi connectivity index (χ2n) is 5.19. The van der Waals surface area contributed by atoms with Crippen LogP contribution in [-0.2, 0) is 25.1 Å². The molecule has 26 heavy (non-hydrogen) atoms. The van der Waals surface area contributed by atoms with Crippen LogP contribution in [0.15, 0.2) is 28.6 Å². The van der Waals surface area contributed by atoms with Crippen LogP contribution in [-0.4, -0.2) is 49.1 Å². The van der Waals surface area contributed by atoms with Crippen LogP contribution in [0, 0.1) is 0 Å². The van der Waals surface area contributed by atoms with E-state index >= 15 is 0 Å². The van der Waals surface area contributed by atoms with Gasteiger partial charge in [-0.25, -0.2) is 8.42 Å². The SMILES string of the molecule is CCOC(=O)CSc1nnc(NC(=O)c2cccc(CS(C)(=O)=O)c2)s1. The Labute approximate surface area is 159 Å². The van der Waals surface area contributed by atoms with Gasteiger partial charge >= 0.3 is 5.97 Å². The molecule has 140 valence electrons. The van der Waals surface area contributed by atoms with Crippen molar-refractivity contribution in [3.05, 3.63) is 35.4 Å². The molecule has 1 heterocycles. The number of nitrogens with one attached hydrogen (secondary N) is 1. The van der Waals surface area contributed by atoms with E-state index in [2.05, 4.69) is 15.5 Å². The van der Waals surface area contributed by atoms with Crippen molar-refractivity contribution in [2.24, 2.45) is 0 Å². The number of rotatable bonds is 8. The van der Waals surface area contributed by atoms with Gasteiger partial charge in [0.2, 0.25) is 5.13 Å². The highest BCUT2D eigenvalue weighted by atomic mass is 32.2. The summed E-state index contributed by atoms with van der Waals surface area (Å²) >= 11 is 2.31. The van der Waals surface area contributed by atoms with Gasteiger partial charge in [0.25, 0.3) is 5.91 Å². The van der Waals surface area contributed by atoms with Crippen molar-refractivity contribution >= 4 is 49.9 Å². The molecular weight excluding hydrogens is 398 g/mol. The van der Waals surface area contributed by atoms with E-state index in [1.807, 2.05) is 0 Å². The number of aromatic nitrogens is 2. The average molecular weight is 416 g/mol. The standard InChI is InChI=1S/C15H17N3O5S3/c1-3-23-12(19)8-24-15-18-17-14(25-15)16-13(20)11-6-4-5-10(7-11)9-26(2,21)22/h4-7H,3,8-9H2,1-2H3,(H,16,17,20). The maximum absolute atomic E-state index is 12.3. The van der Waals surface area contributed by atoms with Gasteiger partial charge in [0.15, 0.2) is 14.2 Å². The molecule has 8 nitrogen and oxygen atoms in total. The quantitative estimate of drug-likeness (QED) is 0.395. The topological polar surface area (TPSA) is 115 Å². The summed E-state index contributed by atoms with van der Waals surface area (Å²) in [6.45, 7) is 2.04. The van der Waals surface area contributed by atoms with Crippen LogP contribution in [0.2, 0.25) is 0 Å². The summed E-state index contributed by atoms with van der Waals surface area (Å²) in [5.74, 6) is -0.787. The molecule has 0 unspecified atom stereocenters. The van der Waals surface area contributed by atoms with Gasteiger partial charge in [-0.1, -0.05) is 35.2 Å². The highest BCUT2D eigenvalue weighted by Crippen LogP contribution is 2.26. The van der Waals surface area contributed by atoms with Crippen molar-refractivity contribution in [3.8, 4) is 0 Å². The molecule has 0 radical (unpaired) electrons. The first-order valence-corrected chi connectivity index (χ1v) is 11.3. The van der Waals surface area contributed by atoms with E-state index in [9.17, 15) is 18.0 Å². The van der Waals surface area contributed by atoms with Crippen LogP contribution >= 0.6 is 23.1 Å². The van der Waals surface area contributed by atoms with Crippen LogP contribution in [0.5, 0.6) is 0 Å². The summed E-state index contributed by atoms with van der Waals surface area (Å²) in [5.41, 5.74) is 0.852. The third-order valence-electron chi connectivity index (χ3n) is 2.86. The minimum Gasteiger partial charge on any atom is -0.465 e. The number of anilines is 1. The van der Waals surface area contributed by atoms with Crippen molar-refractivity contribution in [1.82, 2.24) is 10.2 Å². The number of sulfone groups is 1. The fraction of sp³-hybridized carbons (Fsp3) is 0.333. The molecule has 0 aliphatic heterocycles. The smallest absolute Gasteiger partial charge is 0.316 e. The molecule has 0 aliphatic carbocycles. The van der Waals surface area contributed by atoms with E-state index in [0.29, 0.717) is 22.1 Å². The van der Waals surface area contributed by atoms with E-state index in [-0.39, 0.29) is 22.6 Å². The lowest BCUT2D eigenvalue weighted by Crippen LogP contribution is -2.12. The van der Waals surface area contributed by atoms with Crippen LogP contribution in [0.25, 0.3) is 0 Å². The number of ether oxygens (including phenoxy) is 1. The van der Waals surface area contributed by atoms with Crippen LogP contribution in [0.4, 0.5) is 5.13 Å². The van der Waals surface area contributed by atoms with E-state index in [1.165, 1.54) is 17.8 Å². The molecule has 0 spiro atoms. The first kappa shape index (κ1) is 20.3. The van der Waals surface area contributed by atoms with Gasteiger partial charge in [-0.3, -0.25) is 14.9 Å². The maximum atomic E-state index is 12.3. The molecule has 0 bridgehead atoms. The lowest BCUT2D eigenvalue weighted by molar-refractivity contribution is -0.139. The molecule has 2 aromatic rings. The summed E-state index contributed by atoms with van der Waals surface area (Å²) in [7, 11) is -3.19. The number of carbonyl (C=O) groups excluding carboxylic acids is 2. The molecule has 0 saturated heterocycles. The second-order valence-corrected chi connectivity index (χ2v) is 9.53. The van der Waals surface area contributed by atoms with Crippen LogP contribution < -0.4 is 5.32 Å². The number of thioether (sulfide) groups is 1. The Kier molecular flexibility index (Phi) is 7.12. The lowest BCUT2D eigenvalue weighted by atomic mass is 10.1. The van der Waals surface area contributed by atoms with Gasteiger partial charge in [0.1, 0.15) is 0 Å². The number of amides is 1. The molecule has 0 aliphatic rings. The largest absolute Gasteiger partial charge is 0.465 e. The van der Waals surface area contributed by atoms with Crippen molar-refractivity contribution in [3.63, 3.8) is 0 Å². The summed E-state index contributed by atoms with van der Waals surface area (Å²) in [5, 5.41) is 10.6. The van der Waals surface area contributed by atoms with E-state index < -0.39 is 15.7 Å². The van der Waals surface area contributed by atoms with Gasteiger partial charge < -0.3 is 4.74 Å². The number of carbonyl (C=O) groups is 2. The number of nitrogens with zero attached hydrogens (tertiary/aromatic N) is 2. The molecule has 2 rings (SSSR count). The Bertz CT molecular complexity index is 895. The average Bonchev–Trinajstić information content (AvgIpc) is 2.99. The van der Waals surface area contributed by atoms with Crippen molar-refractivity contribution < 1.29 is 22.7 Å². The maximum Gasteiger partial charge on any atom is 0.316 e. The van der Waals surface area contributed by atoms with Crippen LogP contribution in [0.1, 0.15) is 22.8 Å². The predicted octanol–water partition coefficient (Wildman–Crippen LogP) is 1.99. The number of hydrogen-bond acceptors (Lipinski definition) is 9. The Balaban J connectivity index is 1.98. The minimum atomic E-state index is -3.19. The van der Waals surface area contributed by atoms with Gasteiger partial charge in [-0.15, -0.1) is 10.2 Å². The van der Waals surface area contributed by atoms with Crippen molar-refractivity contribution in [2.45, 2.75) is 17.0 Å². The summed E-state index contributed by atoms with van der Waals surface area (Å²) in [6, 6.07) is 6.37. The highest BCUT2D eigenvalue weighted by Gasteiger charge is 2.13. The van der Waals surface area contributed by atoms with Crippen LogP contribution in [0.3, 0.4) is 0 Å². The predicted molar refractivity (Wildman–Crippen MR) is 100 cm³/mol. The molecule has 0 fully saturated rings. The summed E-state index contributed by atoms with van der Waals surface area (Å²) in [6.07, 6.45) is 1.14. The molecule has 0 atom stereocenters. The number of esters is 1. The third kappa shape index (κ3) is 6.73. The van der Waals surface area contributed by atoms with E-state index in [4.69, 9.17) is 4.74 Å². The molecular formula is C15H17N3O5S3. The summed E-state index contributed by atoms with van der Waals surface area (Å²) < 4.78 is 28.1. The fourth-order valence-corrected chi connectivity index (χ4v) is 4.25. The van der Waals surface area contributed by atoms with Crippen molar-refractivity contribution in [1.29, 1.82) is 0 Å². The number of hydrogen-bond donors (Lipinski definition) is 1. The third-order valence-corrected chi connectivity index (χ3v) is 5.67. The zero-order chi connectivity index (χ0) is 19.2. The molecule has 1 N–H and O–H groups in total. The van der Waals surface area contributed by atoms with Gasteiger partial charge in [0, 0.05) is 11.8 Å². The highest BCUT2D eigenvalue weighted by molar-refractivity contribution is 8.01. The Morgan fingerprint density at radius 2 is 2.08 bits per heavy atom. The van der Waals surface area contributed by atoms with Gasteiger partial charge in [-0.2, -0.15) is 0 Å². The second kappa shape index (κ2) is 9.10. The molecule has 1 aromatic carbocycles. The van der Waals surface area contributed by atoms with E-state index in [0.717, 1.165) is 17.6 Å². The first-order chi connectivity index (χ1) is 12.3. The Morgan fingerprint density at radius 3 is 2.77 bits per heavy atom. The minimum absolute atomic E-state index is 0.115. The molecule has 0 saturated carbocycles. The zero-order valence-corrected chi connectivity index (χ0v) is 16.5. The van der Waals surface area contributed by atoms with Gasteiger partial charge in [-0.05, 0) is 24.6 Å². The lowest BCUT2D eigenvalue weighted by Gasteiger charge is -2.04. The summed E-state index contributed by atoms with van der Waals surface area (Å²) in [4.78, 5) is 23.6. The Hall–Kier alpha value is -1.98. The molecule has 11 heteroatoms.